The Morgan fingerprint density at radius 1 is 0.936 bits per heavy atom. The van der Waals surface area contributed by atoms with Crippen LogP contribution in [0.1, 0.15) is 60.7 Å². The monoisotopic (exact) mass is 676 g/mol. The molecule has 7 rings (SSSR count). The van der Waals surface area contributed by atoms with Gasteiger partial charge in [0.25, 0.3) is 15.9 Å². The van der Waals surface area contributed by atoms with Gasteiger partial charge in [-0.15, -0.1) is 0 Å². The molecule has 47 heavy (non-hydrogen) atoms. The molecular formula is C35H37ClN4O6S. The first kappa shape index (κ1) is 31.7. The second kappa shape index (κ2) is 12.6. The number of carbonyl (C=O) groups is 1. The van der Waals surface area contributed by atoms with Gasteiger partial charge < -0.3 is 13.9 Å². The average Bonchev–Trinajstić information content (AvgIpc) is 3.84. The summed E-state index contributed by atoms with van der Waals surface area (Å²) < 4.78 is 47.1. The summed E-state index contributed by atoms with van der Waals surface area (Å²) in [4.78, 5) is 24.3. The number of halogens is 1. The SMILES string of the molecule is COc1ccc(S(=O)(=O)N2C(=O)C(c3ccc(CN4CCCCC4)cc3OC)(N3CCCC3c3ncco3)c3cc(Cl)ccc32)cc1. The molecule has 0 bridgehead atoms. The van der Waals surface area contributed by atoms with Gasteiger partial charge in [-0.1, -0.05) is 30.2 Å². The Kier molecular flexibility index (Phi) is 8.50. The molecule has 1 amide bonds. The summed E-state index contributed by atoms with van der Waals surface area (Å²) in [7, 11) is -1.31. The van der Waals surface area contributed by atoms with Crippen molar-refractivity contribution in [3.8, 4) is 11.5 Å². The number of rotatable bonds is 9. The highest BCUT2D eigenvalue weighted by Gasteiger charge is 2.62. The molecule has 246 valence electrons. The Balaban J connectivity index is 1.45. The molecule has 12 heteroatoms. The molecule has 0 saturated carbocycles. The highest BCUT2D eigenvalue weighted by molar-refractivity contribution is 7.93. The quantitative estimate of drug-likeness (QED) is 0.207. The van der Waals surface area contributed by atoms with Gasteiger partial charge in [0, 0.05) is 29.2 Å². The minimum absolute atomic E-state index is 0.0436. The van der Waals surface area contributed by atoms with E-state index in [1.54, 1.807) is 43.6 Å². The van der Waals surface area contributed by atoms with Crippen LogP contribution in [-0.4, -0.2) is 63.0 Å². The minimum Gasteiger partial charge on any atom is -0.497 e. The Labute approximate surface area is 279 Å². The fourth-order valence-electron chi connectivity index (χ4n) is 7.46. The molecule has 0 radical (unpaired) electrons. The summed E-state index contributed by atoms with van der Waals surface area (Å²) in [5, 5.41) is 0.372. The van der Waals surface area contributed by atoms with E-state index in [4.69, 9.17) is 25.5 Å². The third-order valence-corrected chi connectivity index (χ3v) is 11.5. The van der Waals surface area contributed by atoms with Crippen molar-refractivity contribution in [2.45, 2.75) is 55.1 Å². The first-order valence-corrected chi connectivity index (χ1v) is 17.7. The van der Waals surface area contributed by atoms with Gasteiger partial charge >= 0.3 is 0 Å². The fraction of sp³-hybridized carbons (Fsp3) is 0.371. The molecule has 10 nitrogen and oxygen atoms in total. The van der Waals surface area contributed by atoms with Crippen LogP contribution < -0.4 is 13.8 Å². The van der Waals surface area contributed by atoms with Crippen LogP contribution in [-0.2, 0) is 26.9 Å². The van der Waals surface area contributed by atoms with Crippen LogP contribution in [0.3, 0.4) is 0 Å². The van der Waals surface area contributed by atoms with E-state index >= 15 is 4.79 Å². The van der Waals surface area contributed by atoms with Gasteiger partial charge in [-0.2, -0.15) is 0 Å². The van der Waals surface area contributed by atoms with Crippen molar-refractivity contribution < 1.29 is 27.1 Å². The normalized spacial score (nSPS) is 22.1. The summed E-state index contributed by atoms with van der Waals surface area (Å²) in [5.41, 5.74) is 0.625. The average molecular weight is 677 g/mol. The van der Waals surface area contributed by atoms with Crippen molar-refractivity contribution in [1.82, 2.24) is 14.8 Å². The molecule has 1 aromatic heterocycles. The first-order chi connectivity index (χ1) is 22.8. The van der Waals surface area contributed by atoms with Crippen LogP contribution >= 0.6 is 11.6 Å². The van der Waals surface area contributed by atoms with Crippen LogP contribution in [0.4, 0.5) is 5.69 Å². The third-order valence-electron chi connectivity index (χ3n) is 9.59. The zero-order valence-electron chi connectivity index (χ0n) is 26.4. The first-order valence-electron chi connectivity index (χ1n) is 15.9. The lowest BCUT2D eigenvalue weighted by Gasteiger charge is -2.41. The lowest BCUT2D eigenvalue weighted by Crippen LogP contribution is -2.54. The molecule has 2 unspecified atom stereocenters. The van der Waals surface area contributed by atoms with E-state index in [0.717, 1.165) is 35.9 Å². The van der Waals surface area contributed by atoms with Crippen molar-refractivity contribution in [1.29, 1.82) is 0 Å². The minimum atomic E-state index is -4.39. The number of fused-ring (bicyclic) bond motifs is 1. The standard InChI is InChI=1S/C35H37ClN4O6S/c1-44-26-10-12-27(13-11-26)47(42,43)40-30-15-9-25(36)22-29(30)35(34(40)41,39-19-6-7-31(39)33-37-16-20-46-33)28-14-8-24(21-32(28)45-2)23-38-17-4-3-5-18-38/h8-16,20-22,31H,3-7,17-19,23H2,1-2H3. The number of amides is 1. The van der Waals surface area contributed by atoms with Crippen LogP contribution in [0.5, 0.6) is 11.5 Å². The van der Waals surface area contributed by atoms with Gasteiger partial charge in [-0.05, 0) is 92.9 Å². The van der Waals surface area contributed by atoms with Crippen LogP contribution in [0, 0.1) is 0 Å². The van der Waals surface area contributed by atoms with Crippen molar-refractivity contribution in [3.63, 3.8) is 0 Å². The smallest absolute Gasteiger partial charge is 0.271 e. The van der Waals surface area contributed by atoms with E-state index in [1.807, 2.05) is 23.1 Å². The number of methoxy groups -OCH3 is 2. The van der Waals surface area contributed by atoms with Gasteiger partial charge in [0.05, 0.1) is 37.0 Å². The maximum Gasteiger partial charge on any atom is 0.271 e. The Morgan fingerprint density at radius 2 is 1.72 bits per heavy atom. The van der Waals surface area contributed by atoms with Crippen molar-refractivity contribution >= 4 is 33.2 Å². The summed E-state index contributed by atoms with van der Waals surface area (Å²) in [6.07, 6.45) is 8.06. The van der Waals surface area contributed by atoms with Crippen molar-refractivity contribution in [2.75, 3.05) is 38.2 Å². The van der Waals surface area contributed by atoms with Crippen molar-refractivity contribution in [3.05, 3.63) is 101 Å². The number of carbonyl (C=O) groups excluding carboxylic acids is 1. The maximum absolute atomic E-state index is 15.4. The molecule has 2 saturated heterocycles. The number of aromatic nitrogens is 1. The van der Waals surface area contributed by atoms with Crippen LogP contribution in [0.2, 0.25) is 5.02 Å². The predicted octanol–water partition coefficient (Wildman–Crippen LogP) is 6.15. The molecule has 0 spiro atoms. The van der Waals surface area contributed by atoms with Gasteiger partial charge in [0.15, 0.2) is 5.54 Å². The highest BCUT2D eigenvalue weighted by atomic mass is 35.5. The summed E-state index contributed by atoms with van der Waals surface area (Å²) in [6.45, 7) is 3.28. The lowest BCUT2D eigenvalue weighted by molar-refractivity contribution is -0.127. The largest absolute Gasteiger partial charge is 0.497 e. The highest BCUT2D eigenvalue weighted by Crippen LogP contribution is 2.56. The number of nitrogens with zero attached hydrogens (tertiary/aromatic N) is 4. The summed E-state index contributed by atoms with van der Waals surface area (Å²) in [5.74, 6) is 0.792. The molecule has 3 aliphatic heterocycles. The van der Waals surface area contributed by atoms with E-state index in [9.17, 15) is 8.42 Å². The Bertz CT molecular complexity index is 1880. The molecule has 4 heterocycles. The number of piperidine rings is 1. The van der Waals surface area contributed by atoms with E-state index in [1.165, 1.54) is 44.8 Å². The van der Waals surface area contributed by atoms with E-state index < -0.39 is 27.5 Å². The van der Waals surface area contributed by atoms with Crippen LogP contribution in [0.25, 0.3) is 0 Å². The number of sulfonamides is 1. The summed E-state index contributed by atoms with van der Waals surface area (Å²) in [6, 6.07) is 16.4. The van der Waals surface area contributed by atoms with E-state index in [2.05, 4.69) is 9.88 Å². The topological polar surface area (TPSA) is 105 Å². The van der Waals surface area contributed by atoms with Gasteiger partial charge in [-0.25, -0.2) is 17.7 Å². The Hall–Kier alpha value is -3.90. The zero-order chi connectivity index (χ0) is 32.8. The summed E-state index contributed by atoms with van der Waals surface area (Å²) >= 11 is 6.67. The second-order valence-corrected chi connectivity index (χ2v) is 14.4. The number of hydrogen-bond donors (Lipinski definition) is 0. The van der Waals surface area contributed by atoms with Crippen LogP contribution in [0.15, 0.2) is 82.4 Å². The van der Waals surface area contributed by atoms with Gasteiger partial charge in [0.1, 0.15) is 17.8 Å². The second-order valence-electron chi connectivity index (χ2n) is 12.2. The number of oxazole rings is 1. The van der Waals surface area contributed by atoms with E-state index in [0.29, 0.717) is 46.5 Å². The molecule has 0 aliphatic carbocycles. The Morgan fingerprint density at radius 3 is 2.43 bits per heavy atom. The van der Waals surface area contributed by atoms with Crippen molar-refractivity contribution in [2.24, 2.45) is 0 Å². The lowest BCUT2D eigenvalue weighted by atomic mass is 9.80. The zero-order valence-corrected chi connectivity index (χ0v) is 28.0. The predicted molar refractivity (Wildman–Crippen MR) is 177 cm³/mol. The molecule has 2 atom stereocenters. The molecule has 3 aromatic carbocycles. The number of ether oxygens (including phenoxy) is 2. The molecule has 2 fully saturated rings. The molecule has 0 N–H and O–H groups in total. The van der Waals surface area contributed by atoms with E-state index in [-0.39, 0.29) is 10.6 Å². The fourth-order valence-corrected chi connectivity index (χ4v) is 9.10. The number of anilines is 1. The number of benzene rings is 3. The number of hydrogen-bond acceptors (Lipinski definition) is 9. The van der Waals surface area contributed by atoms with Gasteiger partial charge in [0.2, 0.25) is 5.89 Å². The molecule has 3 aliphatic rings. The maximum atomic E-state index is 15.4. The number of likely N-dealkylation sites (tertiary alicyclic amines) is 2. The third kappa shape index (κ3) is 5.29. The molecular weight excluding hydrogens is 640 g/mol. The van der Waals surface area contributed by atoms with Gasteiger partial charge in [-0.3, -0.25) is 14.6 Å². The molecule has 4 aromatic rings.